The van der Waals surface area contributed by atoms with Gasteiger partial charge in [-0.15, -0.1) is 0 Å². The van der Waals surface area contributed by atoms with Crippen LogP contribution in [0.15, 0.2) is 42.7 Å². The Labute approximate surface area is 161 Å². The predicted octanol–water partition coefficient (Wildman–Crippen LogP) is 2.90. The third-order valence-corrected chi connectivity index (χ3v) is 6.57. The standard InChI is InChI=1S/C22H30N4O/c1-18-6-4-7-19(16-18)21(8-2-3-9-21)17-24-20(27)22(10-13-23-14-11-22)26-15-5-12-25-26/h4-7,12,15-16,23H,2-3,8-11,13-14,17H2,1H3,(H,24,27). The van der Waals surface area contributed by atoms with Gasteiger partial charge in [-0.2, -0.15) is 5.10 Å². The Morgan fingerprint density at radius 3 is 2.63 bits per heavy atom. The van der Waals surface area contributed by atoms with Crippen LogP contribution in [0.2, 0.25) is 0 Å². The topological polar surface area (TPSA) is 59.0 Å². The van der Waals surface area contributed by atoms with Crippen molar-refractivity contribution in [1.29, 1.82) is 0 Å². The second kappa shape index (κ2) is 7.47. The Kier molecular flexibility index (Phi) is 5.04. The van der Waals surface area contributed by atoms with E-state index in [1.807, 2.05) is 16.9 Å². The van der Waals surface area contributed by atoms with Crippen LogP contribution >= 0.6 is 0 Å². The van der Waals surface area contributed by atoms with E-state index in [9.17, 15) is 4.79 Å². The summed E-state index contributed by atoms with van der Waals surface area (Å²) in [6.45, 7) is 4.55. The number of carbonyl (C=O) groups is 1. The van der Waals surface area contributed by atoms with Crippen molar-refractivity contribution in [2.75, 3.05) is 19.6 Å². The Balaban J connectivity index is 1.56. The highest BCUT2D eigenvalue weighted by Crippen LogP contribution is 2.41. The van der Waals surface area contributed by atoms with E-state index in [1.165, 1.54) is 24.0 Å². The molecule has 1 amide bonds. The van der Waals surface area contributed by atoms with E-state index in [0.717, 1.165) is 38.8 Å². The van der Waals surface area contributed by atoms with E-state index >= 15 is 0 Å². The molecule has 5 nitrogen and oxygen atoms in total. The lowest BCUT2D eigenvalue weighted by Crippen LogP contribution is -2.56. The molecule has 2 aromatic rings. The van der Waals surface area contributed by atoms with Gasteiger partial charge in [-0.25, -0.2) is 0 Å². The van der Waals surface area contributed by atoms with E-state index in [2.05, 4.69) is 46.9 Å². The number of nitrogens with zero attached hydrogens (tertiary/aromatic N) is 2. The zero-order chi connectivity index (χ0) is 18.7. The van der Waals surface area contributed by atoms with E-state index in [1.54, 1.807) is 6.20 Å². The SMILES string of the molecule is Cc1cccc(C2(CNC(=O)C3(n4cccn4)CCNCC3)CCCC2)c1. The molecule has 2 N–H and O–H groups in total. The van der Waals surface area contributed by atoms with Crippen LogP contribution in [0.4, 0.5) is 0 Å². The minimum absolute atomic E-state index is 0.0693. The summed E-state index contributed by atoms with van der Waals surface area (Å²) in [7, 11) is 0. The van der Waals surface area contributed by atoms with Crippen LogP contribution in [0.5, 0.6) is 0 Å². The number of piperidine rings is 1. The van der Waals surface area contributed by atoms with E-state index in [-0.39, 0.29) is 11.3 Å². The maximum Gasteiger partial charge on any atom is 0.248 e. The quantitative estimate of drug-likeness (QED) is 0.855. The molecule has 2 aliphatic rings. The molecule has 1 aliphatic heterocycles. The highest BCUT2D eigenvalue weighted by atomic mass is 16.2. The van der Waals surface area contributed by atoms with Crippen molar-refractivity contribution in [3.8, 4) is 0 Å². The minimum atomic E-state index is -0.568. The molecule has 1 aromatic heterocycles. The fourth-order valence-corrected chi connectivity index (χ4v) is 4.93. The third-order valence-electron chi connectivity index (χ3n) is 6.57. The normalized spacial score (nSPS) is 21.1. The molecule has 144 valence electrons. The molecule has 0 atom stereocenters. The Bertz CT molecular complexity index is 771. The average molecular weight is 367 g/mol. The van der Waals surface area contributed by atoms with Crippen LogP contribution in [-0.2, 0) is 15.7 Å². The van der Waals surface area contributed by atoms with Gasteiger partial charge in [0.15, 0.2) is 0 Å². The van der Waals surface area contributed by atoms with Crippen molar-refractivity contribution in [2.24, 2.45) is 0 Å². The van der Waals surface area contributed by atoms with Crippen LogP contribution in [0.25, 0.3) is 0 Å². The predicted molar refractivity (Wildman–Crippen MR) is 107 cm³/mol. The zero-order valence-electron chi connectivity index (χ0n) is 16.2. The van der Waals surface area contributed by atoms with Crippen LogP contribution in [0.1, 0.15) is 49.7 Å². The molecule has 0 unspecified atom stereocenters. The zero-order valence-corrected chi connectivity index (χ0v) is 16.2. The van der Waals surface area contributed by atoms with Gasteiger partial charge in [0.1, 0.15) is 5.54 Å². The fourth-order valence-electron chi connectivity index (χ4n) is 4.93. The molecule has 1 saturated carbocycles. The van der Waals surface area contributed by atoms with Crippen molar-refractivity contribution < 1.29 is 4.79 Å². The monoisotopic (exact) mass is 366 g/mol. The number of aromatic nitrogens is 2. The first kappa shape index (κ1) is 18.2. The van der Waals surface area contributed by atoms with Gasteiger partial charge < -0.3 is 10.6 Å². The summed E-state index contributed by atoms with van der Waals surface area (Å²) in [5.41, 5.74) is 2.16. The van der Waals surface area contributed by atoms with Crippen molar-refractivity contribution in [3.63, 3.8) is 0 Å². The molecule has 1 saturated heterocycles. The molecule has 5 heteroatoms. The molecule has 4 rings (SSSR count). The lowest BCUT2D eigenvalue weighted by atomic mass is 9.78. The smallest absolute Gasteiger partial charge is 0.248 e. The molecule has 0 radical (unpaired) electrons. The summed E-state index contributed by atoms with van der Waals surface area (Å²) in [6, 6.07) is 10.7. The van der Waals surface area contributed by atoms with Crippen molar-refractivity contribution in [3.05, 3.63) is 53.9 Å². The molecule has 1 aliphatic carbocycles. The number of hydrogen-bond donors (Lipinski definition) is 2. The van der Waals surface area contributed by atoms with Gasteiger partial charge in [-0.1, -0.05) is 42.7 Å². The molecular formula is C22H30N4O. The highest BCUT2D eigenvalue weighted by Gasteiger charge is 2.43. The summed E-state index contributed by atoms with van der Waals surface area (Å²) >= 11 is 0. The van der Waals surface area contributed by atoms with Crippen LogP contribution in [0.3, 0.4) is 0 Å². The molecule has 2 heterocycles. The summed E-state index contributed by atoms with van der Waals surface area (Å²) in [5, 5.41) is 11.2. The summed E-state index contributed by atoms with van der Waals surface area (Å²) in [4.78, 5) is 13.4. The Morgan fingerprint density at radius 1 is 1.19 bits per heavy atom. The van der Waals surface area contributed by atoms with Gasteiger partial charge in [0.25, 0.3) is 0 Å². The van der Waals surface area contributed by atoms with Gasteiger partial charge in [0.05, 0.1) is 0 Å². The van der Waals surface area contributed by atoms with Crippen molar-refractivity contribution in [1.82, 2.24) is 20.4 Å². The first-order chi connectivity index (χ1) is 13.1. The van der Waals surface area contributed by atoms with E-state index < -0.39 is 5.54 Å². The highest BCUT2D eigenvalue weighted by molar-refractivity contribution is 5.84. The summed E-state index contributed by atoms with van der Waals surface area (Å²) in [6.07, 6.45) is 10.0. The van der Waals surface area contributed by atoms with Crippen LogP contribution < -0.4 is 10.6 Å². The summed E-state index contributed by atoms with van der Waals surface area (Å²) < 4.78 is 1.87. The molecule has 27 heavy (non-hydrogen) atoms. The molecule has 1 aromatic carbocycles. The summed E-state index contributed by atoms with van der Waals surface area (Å²) in [5.74, 6) is 0.117. The second-order valence-electron chi connectivity index (χ2n) is 8.27. The van der Waals surface area contributed by atoms with Gasteiger partial charge in [0.2, 0.25) is 5.91 Å². The molecule has 0 spiro atoms. The number of aryl methyl sites for hydroxylation is 1. The number of hydrogen-bond acceptors (Lipinski definition) is 3. The Morgan fingerprint density at radius 2 is 1.96 bits per heavy atom. The van der Waals surface area contributed by atoms with Gasteiger partial charge in [-0.3, -0.25) is 9.48 Å². The maximum atomic E-state index is 13.4. The maximum absolute atomic E-state index is 13.4. The van der Waals surface area contributed by atoms with Crippen molar-refractivity contribution >= 4 is 5.91 Å². The number of carbonyl (C=O) groups excluding carboxylic acids is 1. The number of rotatable bonds is 5. The lowest BCUT2D eigenvalue weighted by Gasteiger charge is -2.38. The van der Waals surface area contributed by atoms with Crippen LogP contribution in [0, 0.1) is 6.92 Å². The van der Waals surface area contributed by atoms with Gasteiger partial charge in [0, 0.05) is 24.4 Å². The minimum Gasteiger partial charge on any atom is -0.353 e. The molecule has 0 bridgehead atoms. The van der Waals surface area contributed by atoms with E-state index in [4.69, 9.17) is 0 Å². The van der Waals surface area contributed by atoms with Crippen molar-refractivity contribution in [2.45, 2.75) is 56.4 Å². The fraction of sp³-hybridized carbons (Fsp3) is 0.545. The van der Waals surface area contributed by atoms with E-state index in [0.29, 0.717) is 6.54 Å². The second-order valence-corrected chi connectivity index (χ2v) is 8.27. The molecule has 2 fully saturated rings. The van der Waals surface area contributed by atoms with Gasteiger partial charge >= 0.3 is 0 Å². The Hall–Kier alpha value is -2.14. The van der Waals surface area contributed by atoms with Crippen LogP contribution in [-0.4, -0.2) is 35.3 Å². The average Bonchev–Trinajstić information content (AvgIpc) is 3.40. The largest absolute Gasteiger partial charge is 0.353 e. The van der Waals surface area contributed by atoms with Gasteiger partial charge in [-0.05, 0) is 57.3 Å². The lowest BCUT2D eigenvalue weighted by molar-refractivity contribution is -0.132. The first-order valence-electron chi connectivity index (χ1n) is 10.2. The molecular weight excluding hydrogens is 336 g/mol. The number of nitrogens with one attached hydrogen (secondary N) is 2. The first-order valence-corrected chi connectivity index (χ1v) is 10.2. The third kappa shape index (κ3) is 3.41. The number of amides is 1. The number of benzene rings is 1.